The van der Waals surface area contributed by atoms with Crippen LogP contribution in [0.2, 0.25) is 0 Å². The summed E-state index contributed by atoms with van der Waals surface area (Å²) in [6.07, 6.45) is -0.634. The van der Waals surface area contributed by atoms with E-state index >= 15 is 0 Å². The molecule has 0 aliphatic carbocycles. The number of ether oxygens (including phenoxy) is 4. The van der Waals surface area contributed by atoms with Gasteiger partial charge in [-0.25, -0.2) is 9.59 Å². The Kier molecular flexibility index (Phi) is 6.78. The van der Waals surface area contributed by atoms with Gasteiger partial charge in [-0.05, 0) is 17.7 Å². The molecule has 9 nitrogen and oxygen atoms in total. The molecule has 1 saturated heterocycles. The van der Waals surface area contributed by atoms with Gasteiger partial charge in [0.2, 0.25) is 0 Å². The van der Waals surface area contributed by atoms with Crippen molar-refractivity contribution in [3.05, 3.63) is 46.7 Å². The van der Waals surface area contributed by atoms with Crippen molar-refractivity contribution in [3.63, 3.8) is 0 Å². The first kappa shape index (κ1) is 21.8. The molecule has 2 heterocycles. The monoisotopic (exact) mass is 435 g/mol. The number of β-lactam (4-membered cyclic amide) rings is 1. The number of hydrogen-bond donors (Lipinski definition) is 0. The van der Waals surface area contributed by atoms with Crippen LogP contribution in [0, 0.1) is 0 Å². The Labute approximate surface area is 177 Å². The van der Waals surface area contributed by atoms with Gasteiger partial charge in [0.05, 0.1) is 12.7 Å². The number of benzene rings is 1. The van der Waals surface area contributed by atoms with Crippen LogP contribution in [0.1, 0.15) is 22.8 Å². The van der Waals surface area contributed by atoms with Crippen LogP contribution in [0.15, 0.2) is 35.5 Å². The minimum absolute atomic E-state index is 0.0717. The molecule has 0 N–H and O–H groups in total. The predicted octanol–water partition coefficient (Wildman–Crippen LogP) is 1.26. The van der Waals surface area contributed by atoms with Gasteiger partial charge >= 0.3 is 17.9 Å². The average molecular weight is 435 g/mol. The minimum Gasteiger partial charge on any atom is -0.465 e. The van der Waals surface area contributed by atoms with Crippen molar-refractivity contribution in [2.45, 2.75) is 25.0 Å². The minimum atomic E-state index is -0.714. The number of amides is 1. The van der Waals surface area contributed by atoms with Gasteiger partial charge in [0, 0.05) is 25.4 Å². The lowest BCUT2D eigenvalue weighted by atomic mass is 10.1. The number of methoxy groups -OCH3 is 2. The van der Waals surface area contributed by atoms with Crippen LogP contribution in [-0.2, 0) is 39.9 Å². The van der Waals surface area contributed by atoms with E-state index in [0.717, 1.165) is 0 Å². The van der Waals surface area contributed by atoms with E-state index in [1.54, 1.807) is 24.3 Å². The molecule has 1 fully saturated rings. The topological polar surface area (TPSA) is 108 Å². The highest BCUT2D eigenvalue weighted by molar-refractivity contribution is 8.00. The molecule has 0 spiro atoms. The third kappa shape index (κ3) is 4.34. The van der Waals surface area contributed by atoms with E-state index in [1.807, 2.05) is 0 Å². The van der Waals surface area contributed by atoms with Crippen molar-refractivity contribution in [3.8, 4) is 0 Å². The zero-order valence-corrected chi connectivity index (χ0v) is 17.5. The Bertz CT molecular complexity index is 912. The van der Waals surface area contributed by atoms with E-state index in [1.165, 1.54) is 37.8 Å². The Balaban J connectivity index is 1.78. The molecule has 30 heavy (non-hydrogen) atoms. The molecular formula is C20H21NO8S. The zero-order valence-electron chi connectivity index (χ0n) is 16.7. The Morgan fingerprint density at radius 1 is 1.13 bits per heavy atom. The van der Waals surface area contributed by atoms with Gasteiger partial charge in [0.15, 0.2) is 6.10 Å². The average Bonchev–Trinajstić information content (AvgIpc) is 2.75. The molecule has 1 aromatic carbocycles. The van der Waals surface area contributed by atoms with Crippen LogP contribution in [0.4, 0.5) is 0 Å². The standard InChI is InChI=1S/C20H21NO8S/c1-11(22)28-9-14-10-30-18-16(26-2)17(23)21(18)15(14)20(25)29-8-12-5-4-6-13(7-12)19(24)27-3/h4-7,16,18H,8-10H2,1-3H3/t16-,18?/m1/s1. The normalized spacial score (nSPS) is 20.2. The molecule has 2 aliphatic heterocycles. The third-order valence-electron chi connectivity index (χ3n) is 4.61. The van der Waals surface area contributed by atoms with Gasteiger partial charge in [0.1, 0.15) is 24.3 Å². The van der Waals surface area contributed by atoms with Crippen molar-refractivity contribution in [1.29, 1.82) is 0 Å². The number of fused-ring (bicyclic) bond motifs is 1. The molecular weight excluding hydrogens is 414 g/mol. The van der Waals surface area contributed by atoms with Crippen LogP contribution < -0.4 is 0 Å². The van der Waals surface area contributed by atoms with E-state index in [4.69, 9.17) is 14.2 Å². The second kappa shape index (κ2) is 9.31. The van der Waals surface area contributed by atoms with Crippen LogP contribution >= 0.6 is 11.8 Å². The predicted molar refractivity (Wildman–Crippen MR) is 105 cm³/mol. The quantitative estimate of drug-likeness (QED) is 0.355. The van der Waals surface area contributed by atoms with Gasteiger partial charge in [0.25, 0.3) is 5.91 Å². The number of esters is 3. The molecule has 0 saturated carbocycles. The summed E-state index contributed by atoms with van der Waals surface area (Å²) in [5.74, 6) is -1.67. The molecule has 1 aromatic rings. The maximum atomic E-state index is 12.9. The Morgan fingerprint density at radius 2 is 1.90 bits per heavy atom. The number of carbonyl (C=O) groups is 4. The van der Waals surface area contributed by atoms with Gasteiger partial charge in [-0.3, -0.25) is 14.5 Å². The highest BCUT2D eigenvalue weighted by Gasteiger charge is 2.54. The largest absolute Gasteiger partial charge is 0.465 e. The molecule has 160 valence electrons. The molecule has 1 amide bonds. The van der Waals surface area contributed by atoms with E-state index in [9.17, 15) is 19.2 Å². The van der Waals surface area contributed by atoms with Crippen molar-refractivity contribution < 1.29 is 38.1 Å². The first-order chi connectivity index (χ1) is 14.4. The summed E-state index contributed by atoms with van der Waals surface area (Å²) < 4.78 is 20.3. The third-order valence-corrected chi connectivity index (χ3v) is 5.93. The Hall–Kier alpha value is -2.85. The maximum Gasteiger partial charge on any atom is 0.355 e. The fourth-order valence-corrected chi connectivity index (χ4v) is 4.50. The molecule has 0 radical (unpaired) electrons. The van der Waals surface area contributed by atoms with Gasteiger partial charge in [-0.2, -0.15) is 0 Å². The van der Waals surface area contributed by atoms with Crippen LogP contribution in [0.25, 0.3) is 0 Å². The molecule has 0 bridgehead atoms. The summed E-state index contributed by atoms with van der Waals surface area (Å²) in [6, 6.07) is 6.49. The summed E-state index contributed by atoms with van der Waals surface area (Å²) in [7, 11) is 2.71. The summed E-state index contributed by atoms with van der Waals surface area (Å²) in [5, 5.41) is -0.339. The van der Waals surface area contributed by atoms with Crippen molar-refractivity contribution in [2.75, 3.05) is 26.6 Å². The molecule has 1 unspecified atom stereocenters. The highest BCUT2D eigenvalue weighted by atomic mass is 32.2. The highest BCUT2D eigenvalue weighted by Crippen LogP contribution is 2.41. The lowest BCUT2D eigenvalue weighted by Crippen LogP contribution is -2.65. The first-order valence-corrected chi connectivity index (χ1v) is 10.1. The van der Waals surface area contributed by atoms with E-state index in [0.29, 0.717) is 22.5 Å². The lowest BCUT2D eigenvalue weighted by Gasteiger charge is -2.48. The van der Waals surface area contributed by atoms with Crippen LogP contribution in [0.3, 0.4) is 0 Å². The van der Waals surface area contributed by atoms with Crippen LogP contribution in [0.5, 0.6) is 0 Å². The molecule has 0 aromatic heterocycles. The van der Waals surface area contributed by atoms with Crippen molar-refractivity contribution >= 4 is 35.6 Å². The Morgan fingerprint density at radius 3 is 2.57 bits per heavy atom. The van der Waals surface area contributed by atoms with E-state index < -0.39 is 24.0 Å². The van der Waals surface area contributed by atoms with Gasteiger partial charge < -0.3 is 18.9 Å². The fraction of sp³-hybridized carbons (Fsp3) is 0.400. The number of rotatable bonds is 7. The van der Waals surface area contributed by atoms with E-state index in [-0.39, 0.29) is 30.2 Å². The smallest absolute Gasteiger partial charge is 0.355 e. The van der Waals surface area contributed by atoms with Crippen LogP contribution in [-0.4, -0.2) is 66.8 Å². The summed E-state index contributed by atoms with van der Waals surface area (Å²) in [4.78, 5) is 49.5. The number of nitrogens with zero attached hydrogens (tertiary/aromatic N) is 1. The first-order valence-electron chi connectivity index (χ1n) is 9.04. The molecule has 2 aliphatic rings. The molecule has 10 heteroatoms. The lowest BCUT2D eigenvalue weighted by molar-refractivity contribution is -0.163. The summed E-state index contributed by atoms with van der Waals surface area (Å²) >= 11 is 1.42. The summed E-state index contributed by atoms with van der Waals surface area (Å²) in [6.45, 7) is 1.04. The second-order valence-electron chi connectivity index (χ2n) is 6.57. The number of thioether (sulfide) groups is 1. The maximum absolute atomic E-state index is 12.9. The van der Waals surface area contributed by atoms with Gasteiger partial charge in [-0.1, -0.05) is 12.1 Å². The number of carbonyl (C=O) groups excluding carboxylic acids is 4. The second-order valence-corrected chi connectivity index (χ2v) is 7.67. The van der Waals surface area contributed by atoms with Crippen molar-refractivity contribution in [2.24, 2.45) is 0 Å². The zero-order chi connectivity index (χ0) is 21.8. The molecule has 3 rings (SSSR count). The number of hydrogen-bond acceptors (Lipinski definition) is 9. The molecule has 2 atom stereocenters. The SMILES string of the molecule is COC(=O)c1cccc(COC(=O)C2=C(COC(C)=O)CSC3[C@H](OC)C(=O)N23)c1. The summed E-state index contributed by atoms with van der Waals surface area (Å²) in [5.41, 5.74) is 1.47. The van der Waals surface area contributed by atoms with Gasteiger partial charge in [-0.15, -0.1) is 11.8 Å². The fourth-order valence-electron chi connectivity index (χ4n) is 3.14. The van der Waals surface area contributed by atoms with Crippen molar-refractivity contribution in [1.82, 2.24) is 4.90 Å². The van der Waals surface area contributed by atoms with E-state index in [2.05, 4.69) is 4.74 Å².